The fourth-order valence-corrected chi connectivity index (χ4v) is 3.70. The molecule has 31 heavy (non-hydrogen) atoms. The average Bonchev–Trinajstić information content (AvgIpc) is 3.05. The van der Waals surface area contributed by atoms with Gasteiger partial charge in [-0.1, -0.05) is 63.2 Å². The Balaban J connectivity index is 1.72. The molecular formula is C24H24N4O3. The molecule has 0 bridgehead atoms. The summed E-state index contributed by atoms with van der Waals surface area (Å²) in [6.07, 6.45) is 2.29. The molecule has 2 aromatic heterocycles. The van der Waals surface area contributed by atoms with E-state index in [0.29, 0.717) is 23.1 Å². The van der Waals surface area contributed by atoms with Crippen LogP contribution in [0.4, 0.5) is 0 Å². The van der Waals surface area contributed by atoms with Crippen molar-refractivity contribution in [1.82, 2.24) is 19.7 Å². The van der Waals surface area contributed by atoms with Gasteiger partial charge in [0.2, 0.25) is 0 Å². The summed E-state index contributed by atoms with van der Waals surface area (Å²) in [4.78, 5) is 16.2. The number of carbonyl (C=O) groups is 1. The van der Waals surface area contributed by atoms with Crippen LogP contribution in [-0.4, -0.2) is 35.9 Å². The minimum atomic E-state index is -0.951. The molecule has 158 valence electrons. The molecule has 7 nitrogen and oxygen atoms in total. The summed E-state index contributed by atoms with van der Waals surface area (Å²) in [6.45, 7) is 6.92. The molecule has 0 saturated heterocycles. The molecular weight excluding hydrogens is 392 g/mol. The number of hydrogen-bond acceptors (Lipinski definition) is 5. The first-order valence-corrected chi connectivity index (χ1v) is 10.0. The molecule has 0 radical (unpaired) electrons. The van der Waals surface area contributed by atoms with Crippen LogP contribution in [-0.2, 0) is 13.0 Å². The monoisotopic (exact) mass is 416 g/mol. The van der Waals surface area contributed by atoms with Crippen molar-refractivity contribution in [3.8, 4) is 17.0 Å². The van der Waals surface area contributed by atoms with Gasteiger partial charge < -0.3 is 14.8 Å². The lowest BCUT2D eigenvalue weighted by molar-refractivity contribution is 0.0697. The second-order valence-electron chi connectivity index (χ2n) is 8.80. The maximum Gasteiger partial charge on any atom is 0.336 e. The Kier molecular flexibility index (Phi) is 5.19. The highest BCUT2D eigenvalue weighted by Gasteiger charge is 2.21. The highest BCUT2D eigenvalue weighted by molar-refractivity contribution is 5.96. The van der Waals surface area contributed by atoms with Crippen LogP contribution in [0.2, 0.25) is 0 Å². The maximum atomic E-state index is 11.5. The van der Waals surface area contributed by atoms with Crippen molar-refractivity contribution < 1.29 is 15.0 Å². The zero-order valence-corrected chi connectivity index (χ0v) is 17.7. The van der Waals surface area contributed by atoms with Gasteiger partial charge in [0, 0.05) is 13.0 Å². The first kappa shape index (κ1) is 20.5. The summed E-state index contributed by atoms with van der Waals surface area (Å²) in [5, 5.41) is 27.4. The Bertz CT molecular complexity index is 1250. The van der Waals surface area contributed by atoms with E-state index in [1.54, 1.807) is 24.4 Å². The van der Waals surface area contributed by atoms with Gasteiger partial charge in [0.15, 0.2) is 0 Å². The minimum absolute atomic E-state index is 0.0139. The van der Waals surface area contributed by atoms with Crippen LogP contribution in [0.15, 0.2) is 54.7 Å². The third-order valence-corrected chi connectivity index (χ3v) is 5.07. The lowest BCUT2D eigenvalue weighted by atomic mass is 9.92. The molecule has 7 heteroatoms. The second kappa shape index (κ2) is 7.83. The molecule has 2 N–H and O–H groups in total. The number of aromatic nitrogens is 4. The van der Waals surface area contributed by atoms with Crippen molar-refractivity contribution in [3.05, 3.63) is 71.7 Å². The quantitative estimate of drug-likeness (QED) is 0.495. The van der Waals surface area contributed by atoms with Crippen molar-refractivity contribution in [2.75, 3.05) is 0 Å². The average molecular weight is 416 g/mol. The third-order valence-electron chi connectivity index (χ3n) is 5.07. The number of carboxylic acid groups (broad SMARTS) is 1. The van der Waals surface area contributed by atoms with Crippen molar-refractivity contribution in [2.24, 2.45) is 5.41 Å². The molecule has 0 aliphatic carbocycles. The standard InChI is InChI=1S/C24H24N4O3/c1-24(2,3)12-20-26-19-13-25-27-22(29)21(19)28(20)14-15-8-10-16(11-9-15)17-6-4-5-7-18(17)23(30)31/h4-11,13H,12,14H2,1-3H3,(H,27,29)(H,30,31). The Morgan fingerprint density at radius 1 is 1.06 bits per heavy atom. The normalized spacial score (nSPS) is 11.7. The molecule has 0 spiro atoms. The third kappa shape index (κ3) is 4.26. The van der Waals surface area contributed by atoms with Crippen LogP contribution in [0.1, 0.15) is 42.5 Å². The molecule has 0 aliphatic rings. The van der Waals surface area contributed by atoms with Crippen LogP contribution in [0.5, 0.6) is 5.88 Å². The number of aromatic hydroxyl groups is 1. The number of rotatable bonds is 5. The Morgan fingerprint density at radius 3 is 2.45 bits per heavy atom. The molecule has 4 rings (SSSR count). The molecule has 0 fully saturated rings. The highest BCUT2D eigenvalue weighted by atomic mass is 16.4. The van der Waals surface area contributed by atoms with Crippen molar-refractivity contribution in [3.63, 3.8) is 0 Å². The predicted octanol–water partition coefficient (Wildman–Crippen LogP) is 4.53. The van der Waals surface area contributed by atoms with Crippen molar-refractivity contribution >= 4 is 17.0 Å². The molecule has 4 aromatic rings. The van der Waals surface area contributed by atoms with Crippen molar-refractivity contribution in [2.45, 2.75) is 33.7 Å². The summed E-state index contributed by atoms with van der Waals surface area (Å²) in [5.74, 6) is -0.238. The zero-order chi connectivity index (χ0) is 22.2. The van der Waals surface area contributed by atoms with Crippen LogP contribution < -0.4 is 0 Å². The van der Waals surface area contributed by atoms with Crippen LogP contribution in [0.25, 0.3) is 22.2 Å². The fraction of sp³-hybridized carbons (Fsp3) is 0.250. The van der Waals surface area contributed by atoms with Gasteiger partial charge in [-0.2, -0.15) is 5.10 Å². The zero-order valence-electron chi connectivity index (χ0n) is 17.7. The predicted molar refractivity (Wildman–Crippen MR) is 118 cm³/mol. The molecule has 0 atom stereocenters. The van der Waals surface area contributed by atoms with E-state index < -0.39 is 5.97 Å². The van der Waals surface area contributed by atoms with Gasteiger partial charge in [-0.3, -0.25) is 0 Å². The first-order chi connectivity index (χ1) is 14.7. The lowest BCUT2D eigenvalue weighted by Gasteiger charge is -2.19. The van der Waals surface area contributed by atoms with E-state index in [0.717, 1.165) is 23.4 Å². The van der Waals surface area contributed by atoms with E-state index in [1.165, 1.54) is 0 Å². The van der Waals surface area contributed by atoms with Gasteiger partial charge in [-0.15, -0.1) is 5.10 Å². The number of hydrogen-bond donors (Lipinski definition) is 2. The summed E-state index contributed by atoms with van der Waals surface area (Å²) in [5.41, 5.74) is 3.97. The number of imidazole rings is 1. The SMILES string of the molecule is CC(C)(C)Cc1nc2cnnc(O)c2n1Cc1ccc(-c2ccccc2C(=O)O)cc1. The second-order valence-corrected chi connectivity index (χ2v) is 8.80. The van der Waals surface area contributed by atoms with Gasteiger partial charge >= 0.3 is 5.97 Å². The Morgan fingerprint density at radius 2 is 1.77 bits per heavy atom. The van der Waals surface area contributed by atoms with Gasteiger partial charge in [-0.25, -0.2) is 9.78 Å². The number of benzene rings is 2. The van der Waals surface area contributed by atoms with Gasteiger partial charge in [0.05, 0.1) is 11.8 Å². The van der Waals surface area contributed by atoms with E-state index in [1.807, 2.05) is 34.9 Å². The lowest BCUT2D eigenvalue weighted by Crippen LogP contribution is -2.15. The maximum absolute atomic E-state index is 11.5. The summed E-state index contributed by atoms with van der Waals surface area (Å²) in [6, 6.07) is 14.7. The van der Waals surface area contributed by atoms with Crippen LogP contribution in [0, 0.1) is 5.41 Å². The molecule has 2 aromatic carbocycles. The van der Waals surface area contributed by atoms with Gasteiger partial charge in [-0.05, 0) is 28.2 Å². The molecule has 0 amide bonds. The molecule has 2 heterocycles. The van der Waals surface area contributed by atoms with Crippen LogP contribution in [0.3, 0.4) is 0 Å². The fourth-order valence-electron chi connectivity index (χ4n) is 3.70. The number of fused-ring (bicyclic) bond motifs is 1. The summed E-state index contributed by atoms with van der Waals surface area (Å²) >= 11 is 0. The summed E-state index contributed by atoms with van der Waals surface area (Å²) in [7, 11) is 0. The van der Waals surface area contributed by atoms with Gasteiger partial charge in [0.25, 0.3) is 5.88 Å². The topological polar surface area (TPSA) is 101 Å². The molecule has 0 aliphatic heterocycles. The smallest absolute Gasteiger partial charge is 0.336 e. The van der Waals surface area contributed by atoms with E-state index in [9.17, 15) is 15.0 Å². The largest absolute Gasteiger partial charge is 0.491 e. The van der Waals surface area contributed by atoms with Crippen LogP contribution >= 0.6 is 0 Å². The highest BCUT2D eigenvalue weighted by Crippen LogP contribution is 2.29. The van der Waals surface area contributed by atoms with E-state index in [2.05, 4.69) is 36.0 Å². The van der Waals surface area contributed by atoms with E-state index in [4.69, 9.17) is 0 Å². The number of aromatic carboxylic acids is 1. The number of carboxylic acids is 1. The Labute approximate surface area is 180 Å². The van der Waals surface area contributed by atoms with E-state index >= 15 is 0 Å². The molecule has 0 unspecified atom stereocenters. The van der Waals surface area contributed by atoms with Gasteiger partial charge in [0.1, 0.15) is 16.9 Å². The minimum Gasteiger partial charge on any atom is -0.491 e. The van der Waals surface area contributed by atoms with Crippen molar-refractivity contribution in [1.29, 1.82) is 0 Å². The number of nitrogens with zero attached hydrogens (tertiary/aromatic N) is 4. The molecule has 0 saturated carbocycles. The first-order valence-electron chi connectivity index (χ1n) is 10.0. The summed E-state index contributed by atoms with van der Waals surface area (Å²) < 4.78 is 1.98. The van der Waals surface area contributed by atoms with E-state index in [-0.39, 0.29) is 16.9 Å². The Hall–Kier alpha value is -3.74.